The van der Waals surface area contributed by atoms with Gasteiger partial charge < -0.3 is 13.9 Å². The van der Waals surface area contributed by atoms with E-state index in [1.807, 2.05) is 60.7 Å². The quantitative estimate of drug-likeness (QED) is 0.448. The lowest BCUT2D eigenvalue weighted by atomic mass is 10.2. The minimum atomic E-state index is -0.777. The Kier molecular flexibility index (Phi) is 7.00. The first-order valence-electron chi connectivity index (χ1n) is 9.45. The Labute approximate surface area is 174 Å². The van der Waals surface area contributed by atoms with E-state index in [0.717, 1.165) is 11.1 Å². The predicted molar refractivity (Wildman–Crippen MR) is 115 cm³/mol. The first-order valence-corrected chi connectivity index (χ1v) is 9.45. The number of esters is 1. The third-order valence-electron chi connectivity index (χ3n) is 4.31. The van der Waals surface area contributed by atoms with Crippen molar-refractivity contribution in [2.45, 2.75) is 20.1 Å². The first kappa shape index (κ1) is 20.9. The number of hydrogen-bond donors (Lipinski definition) is 0. The topological polar surface area (TPSA) is 65.7 Å². The van der Waals surface area contributed by atoms with Crippen LogP contribution in [-0.2, 0) is 22.7 Å². The van der Waals surface area contributed by atoms with Gasteiger partial charge in [-0.3, -0.25) is 0 Å². The summed E-state index contributed by atoms with van der Waals surface area (Å²) in [6.45, 7) is 6.04. The normalized spacial score (nSPS) is 11.9. The van der Waals surface area contributed by atoms with Crippen LogP contribution in [-0.4, -0.2) is 5.97 Å². The third kappa shape index (κ3) is 5.58. The second-order valence-electron chi connectivity index (χ2n) is 6.50. The molecule has 0 radical (unpaired) electrons. The van der Waals surface area contributed by atoms with Crippen LogP contribution in [0.25, 0.3) is 12.2 Å². The molecule has 0 unspecified atom stereocenters. The number of rotatable bonds is 7. The summed E-state index contributed by atoms with van der Waals surface area (Å²) in [6.07, 6.45) is 3.26. The van der Waals surface area contributed by atoms with Crippen LogP contribution in [0.3, 0.4) is 0 Å². The molecular weight excluding hydrogens is 380 g/mol. The zero-order chi connectivity index (χ0) is 21.3. The molecule has 1 heterocycles. The Morgan fingerprint density at radius 1 is 0.967 bits per heavy atom. The van der Waals surface area contributed by atoms with Gasteiger partial charge in [0.1, 0.15) is 30.0 Å². The number of benzene rings is 2. The minimum absolute atomic E-state index is 0.0717. The summed E-state index contributed by atoms with van der Waals surface area (Å²) < 4.78 is 16.2. The molecule has 0 N–H and O–H groups in total. The maximum absolute atomic E-state index is 12.4. The molecule has 1 aromatic heterocycles. The largest absolute Gasteiger partial charge is 0.489 e. The molecule has 3 rings (SSSR count). The third-order valence-corrected chi connectivity index (χ3v) is 4.31. The van der Waals surface area contributed by atoms with E-state index in [-0.39, 0.29) is 17.6 Å². The van der Waals surface area contributed by atoms with Crippen molar-refractivity contribution >= 4 is 18.1 Å². The molecule has 5 nitrogen and oxygen atoms in total. The predicted octanol–water partition coefficient (Wildman–Crippen LogP) is 3.31. The minimum Gasteiger partial charge on any atom is -0.489 e. The maximum Gasteiger partial charge on any atom is 0.351 e. The molecule has 0 saturated heterocycles. The SMILES string of the molecule is C=C(C=c1oc(=O)c(C(=O)OCc2ccccc2)cc1=CC)OCc1ccccc1. The van der Waals surface area contributed by atoms with E-state index >= 15 is 0 Å². The highest BCUT2D eigenvalue weighted by molar-refractivity contribution is 5.88. The lowest BCUT2D eigenvalue weighted by Crippen LogP contribution is -2.33. The Hall–Kier alpha value is -3.86. The van der Waals surface area contributed by atoms with Crippen molar-refractivity contribution in [3.63, 3.8) is 0 Å². The molecule has 0 amide bonds. The Morgan fingerprint density at radius 3 is 2.10 bits per heavy atom. The van der Waals surface area contributed by atoms with Crippen LogP contribution >= 0.6 is 0 Å². The Balaban J connectivity index is 1.76. The van der Waals surface area contributed by atoms with Crippen LogP contribution in [0.1, 0.15) is 28.4 Å². The van der Waals surface area contributed by atoms with Crippen molar-refractivity contribution in [2.75, 3.05) is 0 Å². The molecule has 0 saturated carbocycles. The van der Waals surface area contributed by atoms with E-state index in [9.17, 15) is 9.59 Å². The van der Waals surface area contributed by atoms with Crippen LogP contribution in [0, 0.1) is 0 Å². The lowest BCUT2D eigenvalue weighted by molar-refractivity contribution is 0.0467. The number of carbonyl (C=O) groups excluding carboxylic acids is 1. The van der Waals surface area contributed by atoms with Crippen molar-refractivity contribution in [1.82, 2.24) is 0 Å². The number of hydrogen-bond acceptors (Lipinski definition) is 5. The van der Waals surface area contributed by atoms with E-state index in [1.54, 1.807) is 13.0 Å². The van der Waals surface area contributed by atoms with E-state index < -0.39 is 11.6 Å². The maximum atomic E-state index is 12.4. The van der Waals surface area contributed by atoms with E-state index in [2.05, 4.69) is 6.58 Å². The van der Waals surface area contributed by atoms with Gasteiger partial charge in [-0.2, -0.15) is 0 Å². The lowest BCUT2D eigenvalue weighted by Gasteiger charge is -2.06. The molecule has 152 valence electrons. The van der Waals surface area contributed by atoms with Crippen molar-refractivity contribution in [3.05, 3.63) is 117 Å². The van der Waals surface area contributed by atoms with Crippen LogP contribution < -0.4 is 16.3 Å². The van der Waals surface area contributed by atoms with Gasteiger partial charge in [-0.1, -0.05) is 73.3 Å². The fourth-order valence-corrected chi connectivity index (χ4v) is 2.72. The van der Waals surface area contributed by atoms with E-state index in [4.69, 9.17) is 13.9 Å². The molecular formula is C25H22O5. The van der Waals surface area contributed by atoms with Gasteiger partial charge in [0.05, 0.1) is 0 Å². The van der Waals surface area contributed by atoms with Gasteiger partial charge in [0, 0.05) is 11.3 Å². The number of carbonyl (C=O) groups is 1. The molecule has 0 aliphatic rings. The smallest absolute Gasteiger partial charge is 0.351 e. The standard InChI is InChI=1S/C25H22O5/c1-3-21-15-22(24(26)29-17-20-12-8-5-9-13-20)25(27)30-23(21)14-18(2)28-16-19-10-6-4-7-11-19/h3-15H,2,16-17H2,1H3. The fourth-order valence-electron chi connectivity index (χ4n) is 2.72. The Morgan fingerprint density at radius 2 is 1.53 bits per heavy atom. The average molecular weight is 402 g/mol. The van der Waals surface area contributed by atoms with Crippen LogP contribution in [0.4, 0.5) is 0 Å². The van der Waals surface area contributed by atoms with Gasteiger partial charge in [-0.15, -0.1) is 0 Å². The van der Waals surface area contributed by atoms with Crippen molar-refractivity contribution < 1.29 is 18.7 Å². The summed E-state index contributed by atoms with van der Waals surface area (Å²) in [6, 6.07) is 20.3. The summed E-state index contributed by atoms with van der Waals surface area (Å²) in [5.74, 6) is -0.397. The van der Waals surface area contributed by atoms with Gasteiger partial charge >= 0.3 is 11.6 Å². The van der Waals surface area contributed by atoms with Gasteiger partial charge in [0.15, 0.2) is 0 Å². The van der Waals surface area contributed by atoms with Gasteiger partial charge in [0.2, 0.25) is 0 Å². The van der Waals surface area contributed by atoms with E-state index in [1.165, 1.54) is 12.1 Å². The average Bonchev–Trinajstić information content (AvgIpc) is 2.77. The summed E-state index contributed by atoms with van der Waals surface area (Å²) >= 11 is 0. The first-order chi connectivity index (χ1) is 14.6. The zero-order valence-electron chi connectivity index (χ0n) is 16.7. The molecule has 2 aromatic carbocycles. The zero-order valence-corrected chi connectivity index (χ0v) is 16.7. The molecule has 0 spiro atoms. The highest BCUT2D eigenvalue weighted by Gasteiger charge is 2.14. The summed E-state index contributed by atoms with van der Waals surface area (Å²) in [4.78, 5) is 24.7. The van der Waals surface area contributed by atoms with Crippen LogP contribution in [0.2, 0.25) is 0 Å². The monoisotopic (exact) mass is 402 g/mol. The summed E-state index contributed by atoms with van der Waals surface area (Å²) in [7, 11) is 0. The van der Waals surface area contributed by atoms with Gasteiger partial charge in [0.25, 0.3) is 0 Å². The van der Waals surface area contributed by atoms with Crippen molar-refractivity contribution in [2.24, 2.45) is 0 Å². The van der Waals surface area contributed by atoms with Gasteiger partial charge in [-0.05, 0) is 24.1 Å². The summed E-state index contributed by atoms with van der Waals surface area (Å²) in [5.41, 5.74) is 1.15. The fraction of sp³-hybridized carbons (Fsp3) is 0.120. The van der Waals surface area contributed by atoms with Crippen LogP contribution in [0.5, 0.6) is 0 Å². The van der Waals surface area contributed by atoms with Crippen molar-refractivity contribution in [3.8, 4) is 0 Å². The van der Waals surface area contributed by atoms with Crippen molar-refractivity contribution in [1.29, 1.82) is 0 Å². The molecule has 0 aliphatic heterocycles. The molecule has 5 heteroatoms. The second kappa shape index (κ2) is 10.1. The molecule has 0 bridgehead atoms. The van der Waals surface area contributed by atoms with E-state index in [0.29, 0.717) is 17.6 Å². The summed E-state index contributed by atoms with van der Waals surface area (Å²) in [5, 5.41) is 0.561. The van der Waals surface area contributed by atoms with Crippen LogP contribution in [0.15, 0.2) is 88.3 Å². The molecule has 0 atom stereocenters. The van der Waals surface area contributed by atoms with Gasteiger partial charge in [-0.25, -0.2) is 9.59 Å². The number of ether oxygens (including phenoxy) is 2. The molecule has 0 fully saturated rings. The second-order valence-corrected chi connectivity index (χ2v) is 6.50. The number of allylic oxidation sites excluding steroid dienone is 1. The highest BCUT2D eigenvalue weighted by Crippen LogP contribution is 2.05. The molecule has 3 aromatic rings. The Bertz CT molecular complexity index is 1190. The molecule has 0 aliphatic carbocycles. The molecule has 30 heavy (non-hydrogen) atoms. The highest BCUT2D eigenvalue weighted by atomic mass is 16.5.